The van der Waals surface area contributed by atoms with Crippen LogP contribution < -0.4 is 14.8 Å². The van der Waals surface area contributed by atoms with Crippen molar-refractivity contribution < 1.29 is 14.3 Å². The monoisotopic (exact) mass is 323 g/mol. The lowest BCUT2D eigenvalue weighted by Crippen LogP contribution is -2.38. The third-order valence-electron chi connectivity index (χ3n) is 4.17. The number of thioether (sulfide) groups is 1. The van der Waals surface area contributed by atoms with E-state index in [2.05, 4.69) is 12.2 Å². The molecule has 4 nitrogen and oxygen atoms in total. The van der Waals surface area contributed by atoms with Crippen LogP contribution in [0, 0.1) is 0 Å². The quantitative estimate of drug-likeness (QED) is 0.708. The van der Waals surface area contributed by atoms with Gasteiger partial charge in [0.2, 0.25) is 0 Å². The summed E-state index contributed by atoms with van der Waals surface area (Å²) in [7, 11) is 3.32. The molecule has 0 aliphatic heterocycles. The van der Waals surface area contributed by atoms with Crippen molar-refractivity contribution in [1.29, 1.82) is 0 Å². The molecule has 0 heterocycles. The summed E-state index contributed by atoms with van der Waals surface area (Å²) in [6.07, 6.45) is 4.37. The van der Waals surface area contributed by atoms with Gasteiger partial charge in [-0.25, -0.2) is 0 Å². The van der Waals surface area contributed by atoms with Gasteiger partial charge in [0.1, 0.15) is 17.8 Å². The molecule has 0 amide bonds. The summed E-state index contributed by atoms with van der Waals surface area (Å²) >= 11 is 1.79. The summed E-state index contributed by atoms with van der Waals surface area (Å²) in [5.41, 5.74) is 1.11. The van der Waals surface area contributed by atoms with E-state index in [4.69, 9.17) is 9.47 Å². The van der Waals surface area contributed by atoms with Gasteiger partial charge < -0.3 is 19.6 Å². The number of rotatable bonds is 9. The molecular formula is C17H25NO3S. The number of hydrogen-bond acceptors (Lipinski definition) is 5. The number of ether oxygens (including phenoxy) is 2. The highest BCUT2D eigenvalue weighted by atomic mass is 32.2. The Hall–Kier alpha value is -1.20. The van der Waals surface area contributed by atoms with E-state index in [1.165, 1.54) is 6.42 Å². The first-order valence-electron chi connectivity index (χ1n) is 7.67. The Labute approximate surface area is 137 Å². The van der Waals surface area contributed by atoms with Crippen LogP contribution in [0.25, 0.3) is 0 Å². The van der Waals surface area contributed by atoms with Crippen LogP contribution in [0.3, 0.4) is 0 Å². The second-order valence-electron chi connectivity index (χ2n) is 5.81. The number of nitrogens with one attached hydrogen (secondary N) is 1. The minimum atomic E-state index is -0.103. The minimum Gasteiger partial charge on any atom is -0.497 e. The molecule has 5 heteroatoms. The second kappa shape index (κ2) is 7.88. The largest absolute Gasteiger partial charge is 0.497 e. The lowest BCUT2D eigenvalue weighted by atomic mass is 9.86. The number of aldehydes is 1. The summed E-state index contributed by atoms with van der Waals surface area (Å²) in [5.74, 6) is 2.56. The fourth-order valence-corrected chi connectivity index (χ4v) is 3.80. The molecular weight excluding hydrogens is 298 g/mol. The highest BCUT2D eigenvalue weighted by Gasteiger charge is 2.37. The van der Waals surface area contributed by atoms with Crippen molar-refractivity contribution in [3.63, 3.8) is 0 Å². The van der Waals surface area contributed by atoms with Crippen LogP contribution in [-0.4, -0.2) is 37.0 Å². The molecule has 0 saturated heterocycles. The lowest BCUT2D eigenvalue weighted by Gasteiger charge is -2.36. The van der Waals surface area contributed by atoms with Crippen molar-refractivity contribution in [2.45, 2.75) is 43.5 Å². The molecule has 1 aromatic carbocycles. The summed E-state index contributed by atoms with van der Waals surface area (Å²) < 4.78 is 10.5. The van der Waals surface area contributed by atoms with E-state index in [1.807, 2.05) is 18.2 Å². The average Bonchev–Trinajstić information content (AvgIpc) is 2.52. The van der Waals surface area contributed by atoms with Crippen LogP contribution in [0.4, 0.5) is 0 Å². The smallest absolute Gasteiger partial charge is 0.136 e. The minimum absolute atomic E-state index is 0.103. The highest BCUT2D eigenvalue weighted by Crippen LogP contribution is 2.42. The topological polar surface area (TPSA) is 47.6 Å². The lowest BCUT2D eigenvalue weighted by molar-refractivity contribution is -0.111. The number of carbonyl (C=O) groups excluding carboxylic acids is 1. The summed E-state index contributed by atoms with van der Waals surface area (Å²) in [6.45, 7) is 2.89. The van der Waals surface area contributed by atoms with Gasteiger partial charge in [-0.3, -0.25) is 0 Å². The van der Waals surface area contributed by atoms with Crippen molar-refractivity contribution in [1.82, 2.24) is 5.32 Å². The van der Waals surface area contributed by atoms with Gasteiger partial charge in [-0.05, 0) is 32.3 Å². The molecule has 0 aromatic heterocycles. The average molecular weight is 323 g/mol. The number of hydrogen-bond donors (Lipinski definition) is 1. The Morgan fingerprint density at radius 1 is 1.36 bits per heavy atom. The molecule has 1 atom stereocenters. The molecule has 0 radical (unpaired) electrons. The maximum atomic E-state index is 11.2. The van der Waals surface area contributed by atoms with Gasteiger partial charge in [-0.1, -0.05) is 6.07 Å². The molecule has 1 N–H and O–H groups in total. The van der Waals surface area contributed by atoms with Crippen molar-refractivity contribution in [2.24, 2.45) is 0 Å². The molecule has 0 spiro atoms. The summed E-state index contributed by atoms with van der Waals surface area (Å²) in [5, 5.41) is 3.50. The predicted molar refractivity (Wildman–Crippen MR) is 91.0 cm³/mol. The van der Waals surface area contributed by atoms with Crippen molar-refractivity contribution in [3.05, 3.63) is 23.8 Å². The van der Waals surface area contributed by atoms with Crippen LogP contribution >= 0.6 is 11.8 Å². The van der Waals surface area contributed by atoms with Gasteiger partial charge in [0.25, 0.3) is 0 Å². The molecule has 1 aliphatic rings. The zero-order valence-electron chi connectivity index (χ0n) is 13.6. The molecule has 1 aromatic rings. The second-order valence-corrected chi connectivity index (χ2v) is 7.24. The van der Waals surface area contributed by atoms with E-state index in [-0.39, 0.29) is 4.75 Å². The van der Waals surface area contributed by atoms with Gasteiger partial charge in [0, 0.05) is 30.0 Å². The predicted octanol–water partition coefficient (Wildman–Crippen LogP) is 3.04. The van der Waals surface area contributed by atoms with E-state index in [0.29, 0.717) is 6.04 Å². The third kappa shape index (κ3) is 4.17. The molecule has 1 unspecified atom stereocenters. The molecule has 1 saturated carbocycles. The Balaban J connectivity index is 1.83. The zero-order valence-corrected chi connectivity index (χ0v) is 14.4. The van der Waals surface area contributed by atoms with Gasteiger partial charge in [0.15, 0.2) is 0 Å². The Morgan fingerprint density at radius 3 is 2.68 bits per heavy atom. The van der Waals surface area contributed by atoms with Gasteiger partial charge in [0.05, 0.1) is 19.0 Å². The fraction of sp³-hybridized carbons (Fsp3) is 0.588. The molecule has 122 valence electrons. The van der Waals surface area contributed by atoms with Crippen LogP contribution in [0.15, 0.2) is 18.2 Å². The molecule has 0 bridgehead atoms. The summed E-state index contributed by atoms with van der Waals surface area (Å²) in [4.78, 5) is 11.2. The van der Waals surface area contributed by atoms with E-state index in [9.17, 15) is 4.79 Å². The van der Waals surface area contributed by atoms with Gasteiger partial charge in [-0.2, -0.15) is 0 Å². The zero-order chi connectivity index (χ0) is 16.0. The van der Waals surface area contributed by atoms with Crippen LogP contribution in [-0.2, 0) is 11.3 Å². The van der Waals surface area contributed by atoms with Crippen molar-refractivity contribution in [3.8, 4) is 11.5 Å². The van der Waals surface area contributed by atoms with Crippen molar-refractivity contribution in [2.75, 3.05) is 20.0 Å². The van der Waals surface area contributed by atoms with E-state index < -0.39 is 0 Å². The van der Waals surface area contributed by atoms with E-state index in [0.717, 1.165) is 48.5 Å². The SMILES string of the molecule is COc1ccc(CNC(C)CSC2(C=O)CCC2)c(OC)c1. The van der Waals surface area contributed by atoms with Crippen LogP contribution in [0.1, 0.15) is 31.7 Å². The Bertz CT molecular complexity index is 503. The first kappa shape index (κ1) is 17.2. The standard InChI is InChI=1S/C17H25NO3S/c1-13(11-22-17(12-19)7-4-8-17)18-10-14-5-6-15(20-2)9-16(14)21-3/h5-6,9,12-13,18H,4,7-8,10-11H2,1-3H3. The Morgan fingerprint density at radius 2 is 2.14 bits per heavy atom. The molecule has 1 aliphatic carbocycles. The van der Waals surface area contributed by atoms with Gasteiger partial charge in [-0.15, -0.1) is 11.8 Å². The fourth-order valence-electron chi connectivity index (χ4n) is 2.45. The molecule has 22 heavy (non-hydrogen) atoms. The Kier molecular flexibility index (Phi) is 6.15. The summed E-state index contributed by atoms with van der Waals surface area (Å²) in [6, 6.07) is 6.19. The normalized spacial score (nSPS) is 17.4. The van der Waals surface area contributed by atoms with Crippen molar-refractivity contribution >= 4 is 18.0 Å². The first-order chi connectivity index (χ1) is 10.6. The van der Waals surface area contributed by atoms with Crippen LogP contribution in [0.2, 0.25) is 0 Å². The maximum Gasteiger partial charge on any atom is 0.136 e. The first-order valence-corrected chi connectivity index (χ1v) is 8.65. The number of methoxy groups -OCH3 is 2. The third-order valence-corrected chi connectivity index (χ3v) is 5.92. The van der Waals surface area contributed by atoms with E-state index >= 15 is 0 Å². The number of benzene rings is 1. The highest BCUT2D eigenvalue weighted by molar-refractivity contribution is 8.01. The van der Waals surface area contributed by atoms with E-state index in [1.54, 1.807) is 26.0 Å². The molecule has 1 fully saturated rings. The van der Waals surface area contributed by atoms with Gasteiger partial charge >= 0.3 is 0 Å². The molecule has 2 rings (SSSR count). The van der Waals surface area contributed by atoms with Crippen LogP contribution in [0.5, 0.6) is 11.5 Å². The number of carbonyl (C=O) groups is 1. The maximum absolute atomic E-state index is 11.2.